The van der Waals surface area contributed by atoms with Crippen molar-refractivity contribution in [3.8, 4) is 11.5 Å². The lowest BCUT2D eigenvalue weighted by atomic mass is 9.94. The normalized spacial score (nSPS) is 15.4. The van der Waals surface area contributed by atoms with E-state index in [2.05, 4.69) is 12.2 Å². The van der Waals surface area contributed by atoms with Crippen molar-refractivity contribution in [2.45, 2.75) is 32.7 Å². The summed E-state index contributed by atoms with van der Waals surface area (Å²) in [5.41, 5.74) is 3.89. The molecule has 0 aliphatic carbocycles. The topological polar surface area (TPSA) is 74.6 Å². The van der Waals surface area contributed by atoms with Crippen LogP contribution in [0.4, 0.5) is 5.95 Å². The summed E-state index contributed by atoms with van der Waals surface area (Å²) in [7, 11) is 3.01. The fourth-order valence-electron chi connectivity index (χ4n) is 3.95. The van der Waals surface area contributed by atoms with Gasteiger partial charge < -0.3 is 19.5 Å². The predicted octanol–water partition coefficient (Wildman–Crippen LogP) is 4.69. The average molecular weight is 421 g/mol. The van der Waals surface area contributed by atoms with Gasteiger partial charge in [-0.2, -0.15) is 0 Å². The van der Waals surface area contributed by atoms with Crippen LogP contribution in [-0.4, -0.2) is 36.3 Å². The molecule has 0 saturated heterocycles. The number of fused-ring (bicyclic) bond motifs is 3. The number of allylic oxidation sites excluding steroid dienone is 1. The fourth-order valence-corrected chi connectivity index (χ4v) is 3.95. The third-order valence-electron chi connectivity index (χ3n) is 5.49. The highest BCUT2D eigenvalue weighted by molar-refractivity contribution is 5.94. The van der Waals surface area contributed by atoms with E-state index >= 15 is 0 Å². The van der Waals surface area contributed by atoms with Crippen LogP contribution in [0, 0.1) is 0 Å². The van der Waals surface area contributed by atoms with E-state index in [1.165, 1.54) is 7.11 Å². The SMILES string of the molecule is CCCCOc1ccc([C@@H]2C(C(=O)OC)=C(C)Nc3nc4ccccc4n32)cc1OC. The zero-order chi connectivity index (χ0) is 22.0. The van der Waals surface area contributed by atoms with Crippen LogP contribution in [0.25, 0.3) is 11.0 Å². The molecule has 1 aliphatic rings. The van der Waals surface area contributed by atoms with Gasteiger partial charge in [0.2, 0.25) is 5.95 Å². The summed E-state index contributed by atoms with van der Waals surface area (Å²) in [5.74, 6) is 1.60. The molecule has 4 rings (SSSR count). The van der Waals surface area contributed by atoms with Crippen LogP contribution >= 0.6 is 0 Å². The summed E-state index contributed by atoms with van der Waals surface area (Å²) in [5, 5.41) is 3.26. The van der Waals surface area contributed by atoms with Crippen molar-refractivity contribution in [2.24, 2.45) is 0 Å². The second-order valence-corrected chi connectivity index (χ2v) is 7.46. The van der Waals surface area contributed by atoms with E-state index in [9.17, 15) is 4.79 Å². The van der Waals surface area contributed by atoms with Crippen LogP contribution < -0.4 is 14.8 Å². The predicted molar refractivity (Wildman–Crippen MR) is 120 cm³/mol. The lowest BCUT2D eigenvalue weighted by Gasteiger charge is -2.30. The van der Waals surface area contributed by atoms with E-state index in [-0.39, 0.29) is 5.97 Å². The zero-order valence-electron chi connectivity index (χ0n) is 18.3. The Kier molecular flexibility index (Phi) is 5.84. The highest BCUT2D eigenvalue weighted by Gasteiger charge is 2.35. The van der Waals surface area contributed by atoms with Crippen LogP contribution in [0.2, 0.25) is 0 Å². The Morgan fingerprint density at radius 1 is 1.16 bits per heavy atom. The van der Waals surface area contributed by atoms with Gasteiger partial charge in [0.1, 0.15) is 0 Å². The van der Waals surface area contributed by atoms with Gasteiger partial charge in [-0.05, 0) is 43.2 Å². The molecule has 0 bridgehead atoms. The van der Waals surface area contributed by atoms with Crippen LogP contribution in [0.5, 0.6) is 11.5 Å². The first-order valence-electron chi connectivity index (χ1n) is 10.4. The van der Waals surface area contributed by atoms with E-state index in [0.29, 0.717) is 35.3 Å². The van der Waals surface area contributed by atoms with E-state index in [0.717, 1.165) is 29.4 Å². The maximum atomic E-state index is 12.8. The average Bonchev–Trinajstić information content (AvgIpc) is 3.15. The Hall–Kier alpha value is -3.48. The van der Waals surface area contributed by atoms with Gasteiger partial charge >= 0.3 is 5.97 Å². The summed E-state index contributed by atoms with van der Waals surface area (Å²) in [6, 6.07) is 13.2. The molecule has 2 aromatic carbocycles. The van der Waals surface area contributed by atoms with Gasteiger partial charge in [-0.25, -0.2) is 9.78 Å². The van der Waals surface area contributed by atoms with Gasteiger partial charge in [0, 0.05) is 5.70 Å². The summed E-state index contributed by atoms with van der Waals surface area (Å²) < 4.78 is 18.7. The lowest BCUT2D eigenvalue weighted by Crippen LogP contribution is -2.28. The quantitative estimate of drug-likeness (QED) is 0.441. The Morgan fingerprint density at radius 3 is 2.71 bits per heavy atom. The van der Waals surface area contributed by atoms with Gasteiger partial charge in [0.15, 0.2) is 11.5 Å². The third-order valence-corrected chi connectivity index (χ3v) is 5.49. The number of ether oxygens (including phenoxy) is 3. The third kappa shape index (κ3) is 3.71. The molecule has 1 N–H and O–H groups in total. The van der Waals surface area contributed by atoms with E-state index in [1.54, 1.807) is 7.11 Å². The molecule has 0 spiro atoms. The molecule has 0 saturated carbocycles. The van der Waals surface area contributed by atoms with Crippen molar-refractivity contribution in [3.63, 3.8) is 0 Å². The Bertz CT molecular complexity index is 1150. The van der Waals surface area contributed by atoms with Crippen LogP contribution in [0.3, 0.4) is 0 Å². The minimum Gasteiger partial charge on any atom is -0.493 e. The molecule has 0 radical (unpaired) electrons. The first-order chi connectivity index (χ1) is 15.1. The number of unbranched alkanes of at least 4 members (excludes halogenated alkanes) is 1. The first kappa shape index (κ1) is 20.8. The number of carbonyl (C=O) groups excluding carboxylic acids is 1. The fraction of sp³-hybridized carbons (Fsp3) is 0.333. The maximum absolute atomic E-state index is 12.8. The van der Waals surface area contributed by atoms with Gasteiger partial charge in [-0.1, -0.05) is 31.5 Å². The maximum Gasteiger partial charge on any atom is 0.337 e. The van der Waals surface area contributed by atoms with Crippen molar-refractivity contribution < 1.29 is 19.0 Å². The lowest BCUT2D eigenvalue weighted by molar-refractivity contribution is -0.136. The molecule has 7 nitrogen and oxygen atoms in total. The highest BCUT2D eigenvalue weighted by atomic mass is 16.5. The monoisotopic (exact) mass is 421 g/mol. The number of rotatable bonds is 7. The first-order valence-corrected chi connectivity index (χ1v) is 10.4. The van der Waals surface area contributed by atoms with Crippen LogP contribution in [-0.2, 0) is 9.53 Å². The number of benzene rings is 2. The minimum atomic E-state index is -0.422. The zero-order valence-corrected chi connectivity index (χ0v) is 18.3. The van der Waals surface area contributed by atoms with E-state index < -0.39 is 6.04 Å². The second-order valence-electron chi connectivity index (χ2n) is 7.46. The number of para-hydroxylation sites is 2. The smallest absolute Gasteiger partial charge is 0.337 e. The molecular weight excluding hydrogens is 394 g/mol. The number of methoxy groups -OCH3 is 2. The van der Waals surface area contributed by atoms with Crippen molar-refractivity contribution in [3.05, 3.63) is 59.3 Å². The molecule has 31 heavy (non-hydrogen) atoms. The minimum absolute atomic E-state index is 0.388. The van der Waals surface area contributed by atoms with E-state index in [1.807, 2.05) is 54.0 Å². The van der Waals surface area contributed by atoms with Crippen molar-refractivity contribution in [2.75, 3.05) is 26.1 Å². The number of nitrogens with zero attached hydrogens (tertiary/aromatic N) is 2. The Morgan fingerprint density at radius 2 is 1.97 bits per heavy atom. The Balaban J connectivity index is 1.87. The summed E-state index contributed by atoms with van der Waals surface area (Å²) in [6.45, 7) is 4.61. The number of aromatic nitrogens is 2. The molecule has 0 unspecified atom stereocenters. The molecule has 1 atom stereocenters. The number of hydrogen-bond acceptors (Lipinski definition) is 6. The van der Waals surface area contributed by atoms with Crippen molar-refractivity contribution in [1.29, 1.82) is 0 Å². The molecule has 1 aliphatic heterocycles. The standard InChI is InChI=1S/C24H27N3O4/c1-5-6-13-31-19-12-11-16(14-20(19)29-3)22-21(23(28)30-4)15(2)25-24-26-17-9-7-8-10-18(17)27(22)24/h7-12,14,22H,5-6,13H2,1-4H3,(H,25,26)/t22-/m1/s1. The number of imidazole rings is 1. The number of anilines is 1. The molecule has 1 aromatic heterocycles. The summed E-state index contributed by atoms with van der Waals surface area (Å²) in [4.78, 5) is 17.5. The number of hydrogen-bond donors (Lipinski definition) is 1. The van der Waals surface area contributed by atoms with Gasteiger partial charge in [0.05, 0.1) is 43.5 Å². The van der Waals surface area contributed by atoms with E-state index in [4.69, 9.17) is 19.2 Å². The van der Waals surface area contributed by atoms with Crippen LogP contribution in [0.1, 0.15) is 38.3 Å². The highest BCUT2D eigenvalue weighted by Crippen LogP contribution is 2.41. The number of nitrogens with one attached hydrogen (secondary N) is 1. The molecule has 3 aromatic rings. The van der Waals surface area contributed by atoms with Gasteiger partial charge in [-0.3, -0.25) is 4.57 Å². The largest absolute Gasteiger partial charge is 0.493 e. The van der Waals surface area contributed by atoms with Crippen molar-refractivity contribution >= 4 is 23.0 Å². The van der Waals surface area contributed by atoms with Crippen LogP contribution in [0.15, 0.2) is 53.7 Å². The van der Waals surface area contributed by atoms with Crippen molar-refractivity contribution in [1.82, 2.24) is 9.55 Å². The second kappa shape index (κ2) is 8.71. The Labute approximate surface area is 181 Å². The number of carbonyl (C=O) groups is 1. The molecule has 0 amide bonds. The number of esters is 1. The van der Waals surface area contributed by atoms with Gasteiger partial charge in [-0.15, -0.1) is 0 Å². The summed E-state index contributed by atoms with van der Waals surface area (Å²) >= 11 is 0. The molecule has 7 heteroatoms. The molecule has 162 valence electrons. The molecule has 2 heterocycles. The van der Waals surface area contributed by atoms with Gasteiger partial charge in [0.25, 0.3) is 0 Å². The summed E-state index contributed by atoms with van der Waals surface area (Å²) in [6.07, 6.45) is 2.02. The molecule has 0 fully saturated rings. The molecular formula is C24H27N3O4.